The van der Waals surface area contributed by atoms with Crippen molar-refractivity contribution in [1.82, 2.24) is 0 Å². The van der Waals surface area contributed by atoms with Gasteiger partial charge in [-0.25, -0.2) is 0 Å². The van der Waals surface area contributed by atoms with Crippen LogP contribution in [0.25, 0.3) is 6.08 Å². The Balaban J connectivity index is 1.59. The first-order valence-corrected chi connectivity index (χ1v) is 11.3. The second-order valence-electron chi connectivity index (χ2n) is 11.4. The molecule has 0 radical (unpaired) electrons. The Hall–Kier alpha value is -1.67. The highest BCUT2D eigenvalue weighted by atomic mass is 16.3. The van der Waals surface area contributed by atoms with Gasteiger partial charge in [0.2, 0.25) is 0 Å². The number of allylic oxidation sites excluding steroid dienone is 2. The topological polar surface area (TPSA) is 37.3 Å². The number of rotatable bonds is 1. The van der Waals surface area contributed by atoms with E-state index in [4.69, 9.17) is 0 Å². The predicted molar refractivity (Wildman–Crippen MR) is 117 cm³/mol. The van der Waals surface area contributed by atoms with Gasteiger partial charge in [0, 0.05) is 11.3 Å². The zero-order chi connectivity index (χ0) is 20.7. The Morgan fingerprint density at radius 1 is 1.07 bits per heavy atom. The van der Waals surface area contributed by atoms with Crippen LogP contribution in [0.15, 0.2) is 48.1 Å². The second-order valence-corrected chi connectivity index (χ2v) is 11.4. The van der Waals surface area contributed by atoms with Crippen LogP contribution in [0, 0.1) is 34.0 Å². The highest BCUT2D eigenvalue weighted by Gasteiger charge is 2.66. The fourth-order valence-electron chi connectivity index (χ4n) is 8.05. The molecule has 0 aliphatic heterocycles. The van der Waals surface area contributed by atoms with Crippen molar-refractivity contribution in [1.29, 1.82) is 0 Å². The van der Waals surface area contributed by atoms with E-state index < -0.39 is 5.60 Å². The lowest BCUT2D eigenvalue weighted by Gasteiger charge is -2.67. The van der Waals surface area contributed by atoms with Crippen LogP contribution in [0.2, 0.25) is 0 Å². The lowest BCUT2D eigenvalue weighted by atomic mass is 9.37. The summed E-state index contributed by atoms with van der Waals surface area (Å²) >= 11 is 0. The van der Waals surface area contributed by atoms with Gasteiger partial charge in [0.25, 0.3) is 0 Å². The van der Waals surface area contributed by atoms with Gasteiger partial charge in [0.1, 0.15) is 0 Å². The predicted octanol–water partition coefficient (Wildman–Crippen LogP) is 5.82. The Bertz CT molecular complexity index is 906. The van der Waals surface area contributed by atoms with Crippen LogP contribution in [-0.2, 0) is 4.79 Å². The Labute approximate surface area is 175 Å². The number of ketones is 1. The molecule has 0 unspecified atom stereocenters. The van der Waals surface area contributed by atoms with Gasteiger partial charge < -0.3 is 5.11 Å². The zero-order valence-corrected chi connectivity index (χ0v) is 18.2. The van der Waals surface area contributed by atoms with Gasteiger partial charge in [-0.1, -0.05) is 63.3 Å². The smallest absolute Gasteiger partial charge is 0.164 e. The third-order valence-electron chi connectivity index (χ3n) is 9.28. The van der Waals surface area contributed by atoms with Crippen LogP contribution in [0.4, 0.5) is 0 Å². The van der Waals surface area contributed by atoms with E-state index in [-0.39, 0.29) is 22.2 Å². The molecule has 5 aliphatic carbocycles. The van der Waals surface area contributed by atoms with Gasteiger partial charge in [0.15, 0.2) is 5.78 Å². The molecule has 2 nitrogen and oxygen atoms in total. The molecule has 0 saturated heterocycles. The minimum Gasteiger partial charge on any atom is -0.390 e. The van der Waals surface area contributed by atoms with E-state index in [0.717, 1.165) is 43.2 Å². The van der Waals surface area contributed by atoms with E-state index in [1.54, 1.807) is 0 Å². The molecule has 5 aliphatic rings. The maximum atomic E-state index is 13.5. The summed E-state index contributed by atoms with van der Waals surface area (Å²) in [4.78, 5) is 13.5. The zero-order valence-electron chi connectivity index (χ0n) is 18.2. The number of carbonyl (C=O) groups excluding carboxylic acids is 1. The molecular weight excluding hydrogens is 356 g/mol. The first kappa shape index (κ1) is 19.3. The fourth-order valence-corrected chi connectivity index (χ4v) is 8.05. The minimum absolute atomic E-state index is 0.0930. The van der Waals surface area contributed by atoms with E-state index in [2.05, 4.69) is 51.1 Å². The number of carbonyl (C=O) groups is 1. The Kier molecular flexibility index (Phi) is 3.95. The molecule has 2 bridgehead atoms. The third-order valence-corrected chi connectivity index (χ3v) is 9.28. The molecule has 0 heterocycles. The summed E-state index contributed by atoms with van der Waals surface area (Å²) in [6.45, 7) is 8.85. The molecule has 1 aromatic rings. The van der Waals surface area contributed by atoms with Crippen LogP contribution >= 0.6 is 0 Å². The molecule has 6 atom stereocenters. The maximum Gasteiger partial charge on any atom is 0.164 e. The average molecular weight is 391 g/mol. The van der Waals surface area contributed by atoms with E-state index in [0.29, 0.717) is 17.6 Å². The lowest BCUT2D eigenvalue weighted by Crippen LogP contribution is -2.64. The quantitative estimate of drug-likeness (QED) is 0.485. The lowest BCUT2D eigenvalue weighted by molar-refractivity contribution is -0.182. The van der Waals surface area contributed by atoms with E-state index in [9.17, 15) is 9.90 Å². The maximum absolute atomic E-state index is 13.5. The molecular formula is C27H34O2. The molecule has 154 valence electrons. The second kappa shape index (κ2) is 5.94. The van der Waals surface area contributed by atoms with E-state index in [1.807, 2.05) is 25.1 Å². The summed E-state index contributed by atoms with van der Waals surface area (Å²) in [6.07, 6.45) is 11.9. The van der Waals surface area contributed by atoms with Gasteiger partial charge in [-0.3, -0.25) is 4.79 Å². The third kappa shape index (κ3) is 2.61. The SMILES string of the molecule is CC1(C)C(=O)/C(=C/c2ccccc2)C[C@]2(C)[C@@H]1CC[C@@]13C=C[C@@H](C[C@H]12)[C@@](C)(O)C3. The van der Waals surface area contributed by atoms with E-state index in [1.165, 1.54) is 0 Å². The average Bonchev–Trinajstić information content (AvgIpc) is 2.66. The highest BCUT2D eigenvalue weighted by molar-refractivity contribution is 6.04. The minimum atomic E-state index is -0.586. The largest absolute Gasteiger partial charge is 0.390 e. The van der Waals surface area contributed by atoms with Gasteiger partial charge in [-0.15, -0.1) is 0 Å². The Morgan fingerprint density at radius 3 is 2.48 bits per heavy atom. The van der Waals surface area contributed by atoms with Gasteiger partial charge >= 0.3 is 0 Å². The monoisotopic (exact) mass is 390 g/mol. The van der Waals surface area contributed by atoms with Crippen molar-refractivity contribution < 1.29 is 9.90 Å². The molecule has 3 saturated carbocycles. The summed E-state index contributed by atoms with van der Waals surface area (Å²) in [5.74, 6) is 1.52. The van der Waals surface area contributed by atoms with Crippen molar-refractivity contribution >= 4 is 11.9 Å². The molecule has 0 aromatic heterocycles. The number of aliphatic hydroxyl groups is 1. The van der Waals surface area contributed by atoms with Crippen LogP contribution in [-0.4, -0.2) is 16.5 Å². The summed E-state index contributed by atoms with van der Waals surface area (Å²) in [6, 6.07) is 10.3. The van der Waals surface area contributed by atoms with Crippen molar-refractivity contribution in [3.63, 3.8) is 0 Å². The van der Waals surface area contributed by atoms with Gasteiger partial charge in [-0.05, 0) is 78.9 Å². The molecule has 29 heavy (non-hydrogen) atoms. The number of Topliss-reactive ketones (excluding diaryl/α,β-unsaturated/α-hetero) is 1. The van der Waals surface area contributed by atoms with Crippen molar-refractivity contribution in [3.05, 3.63) is 53.6 Å². The van der Waals surface area contributed by atoms with Crippen LogP contribution in [0.1, 0.15) is 65.4 Å². The molecule has 0 amide bonds. The number of fused-ring (bicyclic) bond motifs is 2. The molecule has 1 spiro atoms. The summed E-state index contributed by atoms with van der Waals surface area (Å²) < 4.78 is 0. The highest BCUT2D eigenvalue weighted by Crippen LogP contribution is 2.71. The first-order chi connectivity index (χ1) is 13.6. The normalized spacial score (nSPS) is 46.4. The number of hydrogen-bond acceptors (Lipinski definition) is 2. The van der Waals surface area contributed by atoms with Crippen LogP contribution in [0.5, 0.6) is 0 Å². The van der Waals surface area contributed by atoms with Crippen molar-refractivity contribution in [3.8, 4) is 0 Å². The molecule has 3 fully saturated rings. The summed E-state index contributed by atoms with van der Waals surface area (Å²) in [5, 5.41) is 11.1. The van der Waals surface area contributed by atoms with E-state index >= 15 is 0 Å². The van der Waals surface area contributed by atoms with Crippen LogP contribution < -0.4 is 0 Å². The van der Waals surface area contributed by atoms with Crippen molar-refractivity contribution in [2.45, 2.75) is 65.4 Å². The fraction of sp³-hybridized carbons (Fsp3) is 0.593. The first-order valence-electron chi connectivity index (χ1n) is 11.3. The number of hydrogen-bond donors (Lipinski definition) is 1. The Morgan fingerprint density at radius 2 is 1.79 bits per heavy atom. The summed E-state index contributed by atoms with van der Waals surface area (Å²) in [7, 11) is 0. The van der Waals surface area contributed by atoms with Crippen molar-refractivity contribution in [2.75, 3.05) is 0 Å². The molecule has 2 heteroatoms. The molecule has 1 N–H and O–H groups in total. The summed E-state index contributed by atoms with van der Waals surface area (Å²) in [5.41, 5.74) is 1.38. The van der Waals surface area contributed by atoms with Crippen LogP contribution in [0.3, 0.4) is 0 Å². The number of benzene rings is 1. The van der Waals surface area contributed by atoms with Gasteiger partial charge in [-0.2, -0.15) is 0 Å². The molecule has 1 aromatic carbocycles. The molecule has 6 rings (SSSR count). The standard InChI is InChI=1S/C27H34O2/c1-24(2)21-11-13-27-12-10-20(26(4,29)17-27)15-22(27)25(21,3)16-19(23(24)28)14-18-8-6-5-7-9-18/h5-10,12,14,20-22,29H,11,13,15-17H2,1-4H3/b19-14+/t20-,21+,22-,25+,26-,27+/m0/s1. The van der Waals surface area contributed by atoms with Gasteiger partial charge in [0.05, 0.1) is 5.60 Å². The van der Waals surface area contributed by atoms with Crippen molar-refractivity contribution in [2.24, 2.45) is 34.0 Å².